The van der Waals surface area contributed by atoms with Crippen LogP contribution >= 0.6 is 11.3 Å². The van der Waals surface area contributed by atoms with Gasteiger partial charge in [0.1, 0.15) is 0 Å². The third-order valence-corrected chi connectivity index (χ3v) is 4.92. The highest BCUT2D eigenvalue weighted by molar-refractivity contribution is 7.11. The van der Waals surface area contributed by atoms with E-state index in [1.807, 2.05) is 11.3 Å². The Kier molecular flexibility index (Phi) is 5.60. The average Bonchev–Trinajstić information content (AvgIpc) is 2.64. The Balaban J connectivity index is 2.78. The molecule has 3 heteroatoms. The van der Waals surface area contributed by atoms with Crippen LogP contribution in [0.3, 0.4) is 0 Å². The van der Waals surface area contributed by atoms with Gasteiger partial charge in [0.2, 0.25) is 0 Å². The zero-order valence-electron chi connectivity index (χ0n) is 11.9. The summed E-state index contributed by atoms with van der Waals surface area (Å²) in [5.74, 6) is 0. The summed E-state index contributed by atoms with van der Waals surface area (Å²) in [5.41, 5.74) is 1.58. The molecule has 0 radical (unpaired) electrons. The van der Waals surface area contributed by atoms with Gasteiger partial charge in [-0.05, 0) is 38.6 Å². The fourth-order valence-electron chi connectivity index (χ4n) is 2.14. The molecular weight excluding hydrogens is 228 g/mol. The number of hydrogen-bond donors (Lipinski definition) is 1. The fraction of sp³-hybridized carbons (Fsp3) is 0.786. The molecule has 0 atom stereocenters. The molecule has 0 amide bonds. The molecule has 0 fully saturated rings. The third kappa shape index (κ3) is 3.78. The standard InChI is InChI=1S/C14H26N2S/c1-6-14(7-2,10-15-8-3)9-13-16-11(4)12(5)17-13/h15H,6-10H2,1-5H3. The monoisotopic (exact) mass is 254 g/mol. The van der Waals surface area contributed by atoms with E-state index in [0.717, 1.165) is 19.5 Å². The van der Waals surface area contributed by atoms with Gasteiger partial charge in [0.25, 0.3) is 0 Å². The molecule has 0 bridgehead atoms. The van der Waals surface area contributed by atoms with E-state index in [9.17, 15) is 0 Å². The van der Waals surface area contributed by atoms with Gasteiger partial charge in [-0.15, -0.1) is 11.3 Å². The van der Waals surface area contributed by atoms with Crippen LogP contribution < -0.4 is 5.32 Å². The van der Waals surface area contributed by atoms with Crippen LogP contribution in [0.15, 0.2) is 0 Å². The molecule has 2 nitrogen and oxygen atoms in total. The van der Waals surface area contributed by atoms with Crippen molar-refractivity contribution >= 4 is 11.3 Å². The van der Waals surface area contributed by atoms with Gasteiger partial charge < -0.3 is 5.32 Å². The van der Waals surface area contributed by atoms with Crippen molar-refractivity contribution in [1.82, 2.24) is 10.3 Å². The van der Waals surface area contributed by atoms with E-state index in [-0.39, 0.29) is 0 Å². The topological polar surface area (TPSA) is 24.9 Å². The largest absolute Gasteiger partial charge is 0.316 e. The number of thiazole rings is 1. The molecule has 1 heterocycles. The average molecular weight is 254 g/mol. The summed E-state index contributed by atoms with van der Waals surface area (Å²) in [4.78, 5) is 6.06. The molecule has 17 heavy (non-hydrogen) atoms. The van der Waals surface area contributed by atoms with Crippen LogP contribution in [0.2, 0.25) is 0 Å². The van der Waals surface area contributed by atoms with Gasteiger partial charge in [-0.2, -0.15) is 0 Å². The number of rotatable bonds is 7. The van der Waals surface area contributed by atoms with Crippen molar-refractivity contribution in [3.63, 3.8) is 0 Å². The predicted molar refractivity (Wildman–Crippen MR) is 76.9 cm³/mol. The second-order valence-corrected chi connectivity index (χ2v) is 6.20. The van der Waals surface area contributed by atoms with Gasteiger partial charge in [0.15, 0.2) is 0 Å². The van der Waals surface area contributed by atoms with E-state index in [1.165, 1.54) is 28.4 Å². The molecule has 0 spiro atoms. The van der Waals surface area contributed by atoms with Crippen LogP contribution in [-0.2, 0) is 6.42 Å². The van der Waals surface area contributed by atoms with Crippen LogP contribution in [0.4, 0.5) is 0 Å². The van der Waals surface area contributed by atoms with Crippen LogP contribution in [0.5, 0.6) is 0 Å². The predicted octanol–water partition coefficient (Wildman–Crippen LogP) is 3.72. The molecule has 0 unspecified atom stereocenters. The first-order chi connectivity index (χ1) is 8.06. The molecule has 0 saturated heterocycles. The maximum absolute atomic E-state index is 4.69. The Bertz CT molecular complexity index is 320. The number of aromatic nitrogens is 1. The highest BCUT2D eigenvalue weighted by Crippen LogP contribution is 2.32. The number of nitrogens with zero attached hydrogens (tertiary/aromatic N) is 1. The lowest BCUT2D eigenvalue weighted by Gasteiger charge is -2.31. The minimum Gasteiger partial charge on any atom is -0.316 e. The summed E-state index contributed by atoms with van der Waals surface area (Å²) >= 11 is 1.87. The van der Waals surface area contributed by atoms with Crippen LogP contribution in [-0.4, -0.2) is 18.1 Å². The van der Waals surface area contributed by atoms with Gasteiger partial charge in [0.05, 0.1) is 10.7 Å². The maximum atomic E-state index is 4.69. The molecule has 0 aliphatic carbocycles. The second kappa shape index (κ2) is 6.50. The Morgan fingerprint density at radius 2 is 1.82 bits per heavy atom. The Labute approximate surface area is 110 Å². The van der Waals surface area contributed by atoms with Crippen molar-refractivity contribution in [1.29, 1.82) is 0 Å². The van der Waals surface area contributed by atoms with Gasteiger partial charge >= 0.3 is 0 Å². The molecule has 98 valence electrons. The molecule has 1 aromatic heterocycles. The Morgan fingerprint density at radius 3 is 2.24 bits per heavy atom. The second-order valence-electron chi connectivity index (χ2n) is 4.91. The van der Waals surface area contributed by atoms with E-state index in [2.05, 4.69) is 44.9 Å². The quantitative estimate of drug-likeness (QED) is 0.802. The summed E-state index contributed by atoms with van der Waals surface area (Å²) in [5, 5.41) is 4.82. The molecule has 1 N–H and O–H groups in total. The first-order valence-corrected chi connectivity index (χ1v) is 7.52. The Hall–Kier alpha value is -0.410. The highest BCUT2D eigenvalue weighted by atomic mass is 32.1. The minimum atomic E-state index is 0.382. The van der Waals surface area contributed by atoms with Gasteiger partial charge in [-0.1, -0.05) is 20.8 Å². The maximum Gasteiger partial charge on any atom is 0.0936 e. The molecule has 1 rings (SSSR count). The summed E-state index contributed by atoms with van der Waals surface area (Å²) in [6, 6.07) is 0. The SMILES string of the molecule is CCNCC(CC)(CC)Cc1nc(C)c(C)s1. The van der Waals surface area contributed by atoms with Gasteiger partial charge in [-0.3, -0.25) is 0 Å². The first kappa shape index (κ1) is 14.7. The first-order valence-electron chi connectivity index (χ1n) is 6.70. The normalized spacial score (nSPS) is 12.1. The molecule has 0 aliphatic rings. The molecule has 0 aliphatic heterocycles. The van der Waals surface area contributed by atoms with Crippen molar-refractivity contribution in [2.24, 2.45) is 5.41 Å². The molecule has 0 saturated carbocycles. The lowest BCUT2D eigenvalue weighted by Crippen LogP contribution is -2.35. The smallest absolute Gasteiger partial charge is 0.0936 e. The van der Waals surface area contributed by atoms with Crippen molar-refractivity contribution in [3.05, 3.63) is 15.6 Å². The summed E-state index contributed by atoms with van der Waals surface area (Å²) in [6.07, 6.45) is 3.55. The lowest BCUT2D eigenvalue weighted by molar-refractivity contribution is 0.248. The molecular formula is C14H26N2S. The van der Waals surface area contributed by atoms with Gasteiger partial charge in [-0.25, -0.2) is 4.98 Å². The molecule has 1 aromatic rings. The van der Waals surface area contributed by atoms with Crippen molar-refractivity contribution in [2.75, 3.05) is 13.1 Å². The third-order valence-electron chi connectivity index (χ3n) is 3.85. The number of aryl methyl sites for hydroxylation is 2. The van der Waals surface area contributed by atoms with Crippen molar-refractivity contribution in [3.8, 4) is 0 Å². The number of hydrogen-bond acceptors (Lipinski definition) is 3. The van der Waals surface area contributed by atoms with Crippen LogP contribution in [0.1, 0.15) is 49.2 Å². The minimum absolute atomic E-state index is 0.382. The number of nitrogens with one attached hydrogen (secondary N) is 1. The van der Waals surface area contributed by atoms with Gasteiger partial charge in [0, 0.05) is 17.8 Å². The summed E-state index contributed by atoms with van der Waals surface area (Å²) in [7, 11) is 0. The Morgan fingerprint density at radius 1 is 1.18 bits per heavy atom. The van der Waals surface area contributed by atoms with E-state index < -0.39 is 0 Å². The van der Waals surface area contributed by atoms with E-state index in [4.69, 9.17) is 0 Å². The highest BCUT2D eigenvalue weighted by Gasteiger charge is 2.27. The van der Waals surface area contributed by atoms with E-state index >= 15 is 0 Å². The van der Waals surface area contributed by atoms with Crippen LogP contribution in [0.25, 0.3) is 0 Å². The van der Waals surface area contributed by atoms with E-state index in [0.29, 0.717) is 5.41 Å². The summed E-state index contributed by atoms with van der Waals surface area (Å²) in [6.45, 7) is 13.2. The van der Waals surface area contributed by atoms with Crippen LogP contribution in [0, 0.1) is 19.3 Å². The lowest BCUT2D eigenvalue weighted by atomic mass is 9.79. The fourth-order valence-corrected chi connectivity index (χ4v) is 3.25. The van der Waals surface area contributed by atoms with E-state index in [1.54, 1.807) is 0 Å². The molecule has 0 aromatic carbocycles. The van der Waals surface area contributed by atoms with Crippen molar-refractivity contribution in [2.45, 2.75) is 53.9 Å². The van der Waals surface area contributed by atoms with Crippen molar-refractivity contribution < 1.29 is 0 Å². The zero-order chi connectivity index (χ0) is 12.9. The summed E-state index contributed by atoms with van der Waals surface area (Å²) < 4.78 is 0. The zero-order valence-corrected chi connectivity index (χ0v) is 12.7.